The molecule has 5 heteroatoms. The first kappa shape index (κ1) is 9.79. The fourth-order valence-corrected chi connectivity index (χ4v) is 2.34. The highest BCUT2D eigenvalue weighted by Crippen LogP contribution is 2.35. The van der Waals surface area contributed by atoms with Crippen molar-refractivity contribution in [2.75, 3.05) is 7.11 Å². The first-order chi connectivity index (χ1) is 7.11. The van der Waals surface area contributed by atoms with Gasteiger partial charge in [0.1, 0.15) is 16.4 Å². The molecule has 0 spiro atoms. The smallest absolute Gasteiger partial charge is 0.348 e. The molecule has 4 nitrogen and oxygen atoms in total. The van der Waals surface area contributed by atoms with Crippen molar-refractivity contribution in [3.63, 3.8) is 0 Å². The predicted octanol–water partition coefficient (Wildman–Crippen LogP) is 2.10. The molecule has 0 amide bonds. The van der Waals surface area contributed by atoms with Gasteiger partial charge in [-0.25, -0.2) is 4.79 Å². The second kappa shape index (κ2) is 3.43. The van der Waals surface area contributed by atoms with E-state index in [1.165, 1.54) is 19.2 Å². The number of rotatable bonds is 1. The molecule has 1 aromatic heterocycles. The lowest BCUT2D eigenvalue weighted by Gasteiger charge is -1.95. The highest BCUT2D eigenvalue weighted by molar-refractivity contribution is 7.20. The molecule has 15 heavy (non-hydrogen) atoms. The van der Waals surface area contributed by atoms with E-state index < -0.39 is 5.97 Å². The van der Waals surface area contributed by atoms with E-state index in [9.17, 15) is 15.0 Å². The Balaban J connectivity index is 2.65. The quantitative estimate of drug-likeness (QED) is 0.728. The highest BCUT2D eigenvalue weighted by Gasteiger charge is 2.13. The van der Waals surface area contributed by atoms with Gasteiger partial charge in [0.15, 0.2) is 0 Å². The van der Waals surface area contributed by atoms with Crippen molar-refractivity contribution in [1.29, 1.82) is 0 Å². The zero-order valence-corrected chi connectivity index (χ0v) is 8.67. The summed E-state index contributed by atoms with van der Waals surface area (Å²) >= 11 is 1.16. The molecule has 0 radical (unpaired) electrons. The maximum Gasteiger partial charge on any atom is 0.348 e. The van der Waals surface area contributed by atoms with Gasteiger partial charge < -0.3 is 14.9 Å². The van der Waals surface area contributed by atoms with E-state index in [0.717, 1.165) is 11.3 Å². The van der Waals surface area contributed by atoms with Crippen molar-refractivity contribution < 1.29 is 19.7 Å². The van der Waals surface area contributed by atoms with E-state index in [1.54, 1.807) is 6.07 Å². The van der Waals surface area contributed by atoms with Crippen LogP contribution in [0.15, 0.2) is 18.2 Å². The molecule has 1 aromatic carbocycles. The van der Waals surface area contributed by atoms with Gasteiger partial charge >= 0.3 is 5.97 Å². The summed E-state index contributed by atoms with van der Waals surface area (Å²) in [6.45, 7) is 0. The number of esters is 1. The van der Waals surface area contributed by atoms with Gasteiger partial charge in [-0.2, -0.15) is 0 Å². The average Bonchev–Trinajstić information content (AvgIpc) is 2.60. The molecule has 0 saturated heterocycles. The monoisotopic (exact) mass is 224 g/mol. The van der Waals surface area contributed by atoms with Crippen molar-refractivity contribution in [3.05, 3.63) is 23.1 Å². The van der Waals surface area contributed by atoms with Crippen LogP contribution in [0.4, 0.5) is 0 Å². The normalized spacial score (nSPS) is 10.5. The maximum atomic E-state index is 11.2. The number of methoxy groups -OCH3 is 1. The van der Waals surface area contributed by atoms with E-state index >= 15 is 0 Å². The third-order valence-electron chi connectivity index (χ3n) is 1.99. The topological polar surface area (TPSA) is 66.8 Å². The van der Waals surface area contributed by atoms with Gasteiger partial charge in [-0.3, -0.25) is 0 Å². The Morgan fingerprint density at radius 1 is 1.33 bits per heavy atom. The first-order valence-electron chi connectivity index (χ1n) is 4.15. The van der Waals surface area contributed by atoms with Crippen LogP contribution >= 0.6 is 11.3 Å². The molecule has 2 rings (SSSR count). The SMILES string of the molecule is COC(=O)c1cc2c(O)cc(O)cc2s1. The number of carbonyl (C=O) groups excluding carboxylic acids is 1. The van der Waals surface area contributed by atoms with Crippen LogP contribution in [-0.2, 0) is 4.74 Å². The van der Waals surface area contributed by atoms with Gasteiger partial charge in [0.05, 0.1) is 7.11 Å². The molecular weight excluding hydrogens is 216 g/mol. The third-order valence-corrected chi connectivity index (χ3v) is 3.05. The second-order valence-electron chi connectivity index (χ2n) is 2.98. The highest BCUT2D eigenvalue weighted by atomic mass is 32.1. The first-order valence-corrected chi connectivity index (χ1v) is 4.97. The van der Waals surface area contributed by atoms with Crippen LogP contribution in [0.5, 0.6) is 11.5 Å². The predicted molar refractivity (Wildman–Crippen MR) is 56.5 cm³/mol. The Kier molecular flexibility index (Phi) is 2.24. The molecule has 2 aromatic rings. The molecule has 0 saturated carbocycles. The summed E-state index contributed by atoms with van der Waals surface area (Å²) in [5.74, 6) is -0.523. The van der Waals surface area contributed by atoms with Crippen molar-refractivity contribution in [2.45, 2.75) is 0 Å². The van der Waals surface area contributed by atoms with Crippen LogP contribution in [0.3, 0.4) is 0 Å². The number of phenolic OH excluding ortho intramolecular Hbond substituents is 2. The van der Waals surface area contributed by atoms with Gasteiger partial charge in [0, 0.05) is 16.2 Å². The Labute approximate surface area is 89.3 Å². The van der Waals surface area contributed by atoms with E-state index in [1.807, 2.05) is 0 Å². The van der Waals surface area contributed by atoms with Crippen LogP contribution in [-0.4, -0.2) is 23.3 Å². The third kappa shape index (κ3) is 1.61. The number of fused-ring (bicyclic) bond motifs is 1. The number of hydrogen-bond donors (Lipinski definition) is 2. The van der Waals surface area contributed by atoms with Crippen LogP contribution in [0.25, 0.3) is 10.1 Å². The minimum Gasteiger partial charge on any atom is -0.508 e. The molecule has 1 heterocycles. The van der Waals surface area contributed by atoms with Crippen LogP contribution < -0.4 is 0 Å². The van der Waals surface area contributed by atoms with Gasteiger partial charge in [0.25, 0.3) is 0 Å². The number of benzene rings is 1. The number of aromatic hydroxyl groups is 2. The molecule has 2 N–H and O–H groups in total. The zero-order chi connectivity index (χ0) is 11.0. The maximum absolute atomic E-state index is 11.2. The summed E-state index contributed by atoms with van der Waals surface area (Å²) in [4.78, 5) is 11.6. The molecule has 0 aliphatic rings. The Hall–Kier alpha value is -1.75. The number of thiophene rings is 1. The van der Waals surface area contributed by atoms with Gasteiger partial charge in [0.2, 0.25) is 0 Å². The van der Waals surface area contributed by atoms with Crippen molar-refractivity contribution in [3.8, 4) is 11.5 Å². The lowest BCUT2D eigenvalue weighted by atomic mass is 10.2. The Morgan fingerprint density at radius 2 is 2.07 bits per heavy atom. The van der Waals surface area contributed by atoms with E-state index in [2.05, 4.69) is 4.74 Å². The van der Waals surface area contributed by atoms with E-state index in [-0.39, 0.29) is 11.5 Å². The zero-order valence-electron chi connectivity index (χ0n) is 7.85. The van der Waals surface area contributed by atoms with E-state index in [4.69, 9.17) is 0 Å². The standard InChI is InChI=1S/C10H8O4S/c1-14-10(13)9-4-6-7(12)2-5(11)3-8(6)15-9/h2-4,11-12H,1H3. The minimum atomic E-state index is -0.449. The number of phenols is 2. The summed E-state index contributed by atoms with van der Waals surface area (Å²) in [5, 5.41) is 19.3. The molecule has 0 fully saturated rings. The average molecular weight is 224 g/mol. The van der Waals surface area contributed by atoms with Crippen LogP contribution in [0.2, 0.25) is 0 Å². The minimum absolute atomic E-state index is 0.0294. The fourth-order valence-electron chi connectivity index (χ4n) is 1.31. The molecule has 0 unspecified atom stereocenters. The summed E-state index contributed by atoms with van der Waals surface area (Å²) < 4.78 is 5.21. The number of carbonyl (C=O) groups is 1. The number of ether oxygens (including phenoxy) is 1. The lowest BCUT2D eigenvalue weighted by Crippen LogP contribution is -1.96. The van der Waals surface area contributed by atoms with E-state index in [0.29, 0.717) is 15.0 Å². The van der Waals surface area contributed by atoms with Crippen LogP contribution in [0, 0.1) is 0 Å². The molecule has 0 bridgehead atoms. The van der Waals surface area contributed by atoms with Crippen molar-refractivity contribution in [1.82, 2.24) is 0 Å². The Morgan fingerprint density at radius 3 is 2.73 bits per heavy atom. The summed E-state index contributed by atoms with van der Waals surface area (Å²) in [6.07, 6.45) is 0. The Bertz CT molecular complexity index is 529. The number of hydrogen-bond acceptors (Lipinski definition) is 5. The summed E-state index contributed by atoms with van der Waals surface area (Å²) in [7, 11) is 1.30. The van der Waals surface area contributed by atoms with Gasteiger partial charge in [-0.1, -0.05) is 0 Å². The molecule has 0 aliphatic heterocycles. The van der Waals surface area contributed by atoms with Gasteiger partial charge in [-0.15, -0.1) is 11.3 Å². The summed E-state index contributed by atoms with van der Waals surface area (Å²) in [5.41, 5.74) is 0. The summed E-state index contributed by atoms with van der Waals surface area (Å²) in [6, 6.07) is 4.27. The fraction of sp³-hybridized carbons (Fsp3) is 0.100. The molecule has 0 aliphatic carbocycles. The molecule has 0 atom stereocenters. The second-order valence-corrected chi connectivity index (χ2v) is 4.06. The van der Waals surface area contributed by atoms with Gasteiger partial charge in [-0.05, 0) is 12.1 Å². The molecular formula is C10H8O4S. The molecule has 78 valence electrons. The van der Waals surface area contributed by atoms with Crippen LogP contribution in [0.1, 0.15) is 9.67 Å². The largest absolute Gasteiger partial charge is 0.508 e. The lowest BCUT2D eigenvalue weighted by molar-refractivity contribution is 0.0606. The van der Waals surface area contributed by atoms with Crippen molar-refractivity contribution >= 4 is 27.4 Å². The van der Waals surface area contributed by atoms with Crippen molar-refractivity contribution in [2.24, 2.45) is 0 Å².